The SMILES string of the molecule is CCc1cc(C)c(N[C@H](C)c2cc(F)cc(F)c2)nn1. The van der Waals surface area contributed by atoms with E-state index in [0.29, 0.717) is 11.4 Å². The van der Waals surface area contributed by atoms with Gasteiger partial charge in [0.2, 0.25) is 0 Å². The Bertz CT molecular complexity index is 594. The summed E-state index contributed by atoms with van der Waals surface area (Å²) in [7, 11) is 0. The fourth-order valence-corrected chi connectivity index (χ4v) is 1.97. The van der Waals surface area contributed by atoms with E-state index in [4.69, 9.17) is 0 Å². The minimum absolute atomic E-state index is 0.263. The number of nitrogens with one attached hydrogen (secondary N) is 1. The summed E-state index contributed by atoms with van der Waals surface area (Å²) < 4.78 is 26.4. The van der Waals surface area contributed by atoms with Gasteiger partial charge in [0.15, 0.2) is 5.82 Å². The van der Waals surface area contributed by atoms with E-state index in [1.165, 1.54) is 12.1 Å². The van der Waals surface area contributed by atoms with Crippen molar-refractivity contribution in [1.29, 1.82) is 0 Å². The molecule has 0 radical (unpaired) electrons. The van der Waals surface area contributed by atoms with Crippen molar-refractivity contribution < 1.29 is 8.78 Å². The molecular weight excluding hydrogens is 260 g/mol. The molecule has 0 fully saturated rings. The van der Waals surface area contributed by atoms with E-state index in [1.807, 2.05) is 26.8 Å². The van der Waals surface area contributed by atoms with Gasteiger partial charge in [-0.1, -0.05) is 6.92 Å². The summed E-state index contributed by atoms with van der Waals surface area (Å²) in [4.78, 5) is 0. The first-order valence-electron chi connectivity index (χ1n) is 6.55. The standard InChI is InChI=1S/C15H17F2N3/c1-4-14-5-9(2)15(20-19-14)18-10(3)11-6-12(16)8-13(17)7-11/h5-8,10H,4H2,1-3H3,(H,18,20)/t10-/m1/s1. The van der Waals surface area contributed by atoms with Crippen molar-refractivity contribution in [3.8, 4) is 0 Å². The molecule has 3 nitrogen and oxygen atoms in total. The van der Waals surface area contributed by atoms with Gasteiger partial charge in [-0.25, -0.2) is 8.78 Å². The Kier molecular flexibility index (Phi) is 4.27. The number of aryl methyl sites for hydroxylation is 2. The predicted octanol–water partition coefficient (Wildman–Crippen LogP) is 3.80. The Hall–Kier alpha value is -2.04. The molecule has 1 atom stereocenters. The molecule has 0 aliphatic heterocycles. The van der Waals surface area contributed by atoms with Gasteiger partial charge in [0, 0.05) is 6.07 Å². The average molecular weight is 277 g/mol. The molecule has 0 amide bonds. The molecule has 0 aliphatic carbocycles. The van der Waals surface area contributed by atoms with E-state index in [1.54, 1.807) is 0 Å². The quantitative estimate of drug-likeness (QED) is 0.923. The van der Waals surface area contributed by atoms with Crippen molar-refractivity contribution in [2.24, 2.45) is 0 Å². The molecule has 0 spiro atoms. The van der Waals surface area contributed by atoms with Gasteiger partial charge in [0.25, 0.3) is 0 Å². The Morgan fingerprint density at radius 3 is 2.30 bits per heavy atom. The molecule has 1 aromatic carbocycles. The molecule has 0 bridgehead atoms. The van der Waals surface area contributed by atoms with E-state index >= 15 is 0 Å². The Balaban J connectivity index is 2.20. The van der Waals surface area contributed by atoms with Crippen LogP contribution in [0.3, 0.4) is 0 Å². The van der Waals surface area contributed by atoms with Gasteiger partial charge in [-0.05, 0) is 49.6 Å². The molecule has 1 heterocycles. The van der Waals surface area contributed by atoms with Gasteiger partial charge in [-0.15, -0.1) is 5.10 Å². The van der Waals surface area contributed by atoms with Crippen molar-refractivity contribution >= 4 is 5.82 Å². The molecule has 2 rings (SSSR count). The van der Waals surface area contributed by atoms with E-state index in [0.717, 1.165) is 23.7 Å². The van der Waals surface area contributed by atoms with Crippen LogP contribution in [0.15, 0.2) is 24.3 Å². The highest BCUT2D eigenvalue weighted by Gasteiger charge is 2.11. The summed E-state index contributed by atoms with van der Waals surface area (Å²) in [5.74, 6) is -0.546. The second-order valence-corrected chi connectivity index (χ2v) is 4.79. The fourth-order valence-electron chi connectivity index (χ4n) is 1.97. The number of halogens is 2. The molecular formula is C15H17F2N3. The summed E-state index contributed by atoms with van der Waals surface area (Å²) in [5.41, 5.74) is 2.40. The molecule has 1 N–H and O–H groups in total. The molecule has 0 saturated heterocycles. The van der Waals surface area contributed by atoms with E-state index in [9.17, 15) is 8.78 Å². The molecule has 106 valence electrons. The summed E-state index contributed by atoms with van der Waals surface area (Å²) >= 11 is 0. The van der Waals surface area contributed by atoms with Crippen LogP contribution in [-0.2, 0) is 6.42 Å². The van der Waals surface area contributed by atoms with Gasteiger partial charge < -0.3 is 5.32 Å². The Morgan fingerprint density at radius 1 is 1.10 bits per heavy atom. The summed E-state index contributed by atoms with van der Waals surface area (Å²) in [5, 5.41) is 11.3. The van der Waals surface area contributed by atoms with Crippen LogP contribution in [0, 0.1) is 18.6 Å². The molecule has 0 saturated carbocycles. The third-order valence-electron chi connectivity index (χ3n) is 3.14. The first-order valence-corrected chi connectivity index (χ1v) is 6.55. The number of hydrogen-bond donors (Lipinski definition) is 1. The number of nitrogens with zero attached hydrogens (tertiary/aromatic N) is 2. The van der Waals surface area contributed by atoms with Gasteiger partial charge in [0.1, 0.15) is 11.6 Å². The molecule has 20 heavy (non-hydrogen) atoms. The number of hydrogen-bond acceptors (Lipinski definition) is 3. The lowest BCUT2D eigenvalue weighted by Gasteiger charge is -2.16. The van der Waals surface area contributed by atoms with E-state index in [2.05, 4.69) is 15.5 Å². The van der Waals surface area contributed by atoms with Crippen molar-refractivity contribution in [3.05, 3.63) is 52.7 Å². The van der Waals surface area contributed by atoms with Gasteiger partial charge in [-0.3, -0.25) is 0 Å². The molecule has 0 unspecified atom stereocenters. The lowest BCUT2D eigenvalue weighted by atomic mass is 10.1. The summed E-state index contributed by atoms with van der Waals surface area (Å²) in [6, 6.07) is 5.17. The number of anilines is 1. The normalized spacial score (nSPS) is 12.2. The smallest absolute Gasteiger partial charge is 0.152 e. The zero-order chi connectivity index (χ0) is 14.7. The topological polar surface area (TPSA) is 37.8 Å². The largest absolute Gasteiger partial charge is 0.362 e. The maximum absolute atomic E-state index is 13.2. The lowest BCUT2D eigenvalue weighted by Crippen LogP contribution is -2.11. The number of rotatable bonds is 4. The van der Waals surface area contributed by atoms with E-state index < -0.39 is 11.6 Å². The van der Waals surface area contributed by atoms with Crippen LogP contribution in [-0.4, -0.2) is 10.2 Å². The maximum atomic E-state index is 13.2. The predicted molar refractivity (Wildman–Crippen MR) is 74.5 cm³/mol. The molecule has 0 aliphatic rings. The van der Waals surface area contributed by atoms with Gasteiger partial charge >= 0.3 is 0 Å². The van der Waals surface area contributed by atoms with Crippen molar-refractivity contribution in [2.75, 3.05) is 5.32 Å². The summed E-state index contributed by atoms with van der Waals surface area (Å²) in [6.07, 6.45) is 0.818. The minimum Gasteiger partial charge on any atom is -0.362 e. The van der Waals surface area contributed by atoms with Crippen LogP contribution in [0.25, 0.3) is 0 Å². The first kappa shape index (κ1) is 14.4. The number of aromatic nitrogens is 2. The van der Waals surface area contributed by atoms with Crippen molar-refractivity contribution in [2.45, 2.75) is 33.2 Å². The van der Waals surface area contributed by atoms with Gasteiger partial charge in [-0.2, -0.15) is 5.10 Å². The third kappa shape index (κ3) is 3.29. The van der Waals surface area contributed by atoms with E-state index in [-0.39, 0.29) is 6.04 Å². The molecule has 2 aromatic rings. The zero-order valence-electron chi connectivity index (χ0n) is 11.7. The third-order valence-corrected chi connectivity index (χ3v) is 3.14. The second-order valence-electron chi connectivity index (χ2n) is 4.79. The maximum Gasteiger partial charge on any atom is 0.152 e. The first-order chi connectivity index (χ1) is 9.49. The molecule has 1 aromatic heterocycles. The monoisotopic (exact) mass is 277 g/mol. The van der Waals surface area contributed by atoms with Crippen molar-refractivity contribution in [1.82, 2.24) is 10.2 Å². The minimum atomic E-state index is -0.585. The average Bonchev–Trinajstić information content (AvgIpc) is 2.39. The van der Waals surface area contributed by atoms with Crippen LogP contribution in [0.1, 0.15) is 36.7 Å². The molecule has 5 heteroatoms. The Morgan fingerprint density at radius 2 is 1.75 bits per heavy atom. The van der Waals surface area contributed by atoms with Crippen LogP contribution in [0.5, 0.6) is 0 Å². The Labute approximate surface area is 117 Å². The van der Waals surface area contributed by atoms with Crippen LogP contribution in [0.4, 0.5) is 14.6 Å². The van der Waals surface area contributed by atoms with Crippen LogP contribution < -0.4 is 5.32 Å². The number of benzene rings is 1. The lowest BCUT2D eigenvalue weighted by molar-refractivity contribution is 0.577. The highest BCUT2D eigenvalue weighted by atomic mass is 19.1. The highest BCUT2D eigenvalue weighted by Crippen LogP contribution is 2.21. The van der Waals surface area contributed by atoms with Crippen LogP contribution >= 0.6 is 0 Å². The van der Waals surface area contributed by atoms with Gasteiger partial charge in [0.05, 0.1) is 11.7 Å². The summed E-state index contributed by atoms with van der Waals surface area (Å²) in [6.45, 7) is 5.76. The zero-order valence-corrected chi connectivity index (χ0v) is 11.7. The van der Waals surface area contributed by atoms with Crippen molar-refractivity contribution in [3.63, 3.8) is 0 Å². The second kappa shape index (κ2) is 5.94. The fraction of sp³-hybridized carbons (Fsp3) is 0.333. The van der Waals surface area contributed by atoms with Crippen LogP contribution in [0.2, 0.25) is 0 Å². The highest BCUT2D eigenvalue weighted by molar-refractivity contribution is 5.44.